The van der Waals surface area contributed by atoms with Gasteiger partial charge in [0.1, 0.15) is 17.2 Å². The Morgan fingerprint density at radius 1 is 0.935 bits per heavy atom. The number of nitrogens with one attached hydrogen (secondary N) is 1. The first-order valence-electron chi connectivity index (χ1n) is 9.79. The first-order chi connectivity index (χ1) is 14.3. The molecule has 1 atom stereocenters. The van der Waals surface area contributed by atoms with Crippen LogP contribution in [0.25, 0.3) is 0 Å². The molecular weight excluding hydrogens is 425 g/mol. The number of carbonyl (C=O) groups excluding carboxylic acids is 2. The van der Waals surface area contributed by atoms with E-state index in [1.54, 1.807) is 14.2 Å². The second kappa shape index (κ2) is 11.3. The fourth-order valence-corrected chi connectivity index (χ4v) is 4.63. The van der Waals surface area contributed by atoms with Crippen LogP contribution in [0.1, 0.15) is 27.8 Å². The van der Waals surface area contributed by atoms with Gasteiger partial charge in [-0.05, 0) is 61.6 Å². The van der Waals surface area contributed by atoms with Gasteiger partial charge in [0.15, 0.2) is 0 Å². The monoisotopic (exact) mass is 453 g/mol. The van der Waals surface area contributed by atoms with Gasteiger partial charge in [-0.1, -0.05) is 23.9 Å². The number of methoxy groups -OCH3 is 2. The molecule has 1 unspecified atom stereocenters. The molecule has 31 heavy (non-hydrogen) atoms. The van der Waals surface area contributed by atoms with Gasteiger partial charge in [-0.25, -0.2) is 0 Å². The van der Waals surface area contributed by atoms with Gasteiger partial charge in [0.2, 0.25) is 5.91 Å². The Kier molecular flexibility index (Phi) is 9.30. The molecule has 1 fully saturated rings. The van der Waals surface area contributed by atoms with Crippen LogP contribution >= 0.6 is 11.8 Å². The van der Waals surface area contributed by atoms with E-state index in [1.807, 2.05) is 45.0 Å². The van der Waals surface area contributed by atoms with E-state index >= 15 is 0 Å². The van der Waals surface area contributed by atoms with E-state index in [0.29, 0.717) is 19.4 Å². The number of ether oxygens (including phenoxy) is 3. The van der Waals surface area contributed by atoms with Crippen molar-refractivity contribution in [3.63, 3.8) is 0 Å². The summed E-state index contributed by atoms with van der Waals surface area (Å²) in [6, 6.07) is 7.63. The fraction of sp³-hybridized carbons (Fsp3) is 0.391. The Labute approximate surface area is 209 Å². The summed E-state index contributed by atoms with van der Waals surface area (Å²) in [7, 11) is 3.37. The molecule has 0 radical (unpaired) electrons. The topological polar surface area (TPSA) is 73.9 Å². The molecular formula is C23H28NNaO5S. The first-order valence-corrected chi connectivity index (χ1v) is 10.7. The minimum absolute atomic E-state index is 0. The van der Waals surface area contributed by atoms with E-state index in [0.717, 1.165) is 56.8 Å². The van der Waals surface area contributed by atoms with E-state index in [-0.39, 0.29) is 46.0 Å². The average molecular weight is 454 g/mol. The van der Waals surface area contributed by atoms with Crippen LogP contribution in [0.15, 0.2) is 24.3 Å². The predicted octanol–water partition coefficient (Wildman–Crippen LogP) is 3.50. The summed E-state index contributed by atoms with van der Waals surface area (Å²) in [5.74, 6) is 2.30. The van der Waals surface area contributed by atoms with Crippen molar-refractivity contribution in [1.29, 1.82) is 0 Å². The van der Waals surface area contributed by atoms with Crippen molar-refractivity contribution >= 4 is 52.5 Å². The van der Waals surface area contributed by atoms with E-state index < -0.39 is 0 Å². The number of thioether (sulfide) groups is 1. The molecule has 0 bridgehead atoms. The minimum atomic E-state index is -0.362. The van der Waals surface area contributed by atoms with Crippen molar-refractivity contribution < 1.29 is 23.8 Å². The quantitative estimate of drug-likeness (QED) is 0.617. The number of imide groups is 1. The molecule has 0 aliphatic carbocycles. The number of amides is 2. The molecule has 162 valence electrons. The molecule has 0 saturated carbocycles. The van der Waals surface area contributed by atoms with Gasteiger partial charge in [-0.15, -0.1) is 0 Å². The van der Waals surface area contributed by atoms with Crippen LogP contribution in [-0.2, 0) is 17.6 Å². The van der Waals surface area contributed by atoms with Crippen molar-refractivity contribution in [3.8, 4) is 17.2 Å². The van der Waals surface area contributed by atoms with Crippen LogP contribution in [0.4, 0.5) is 4.79 Å². The van der Waals surface area contributed by atoms with Gasteiger partial charge >= 0.3 is 29.6 Å². The molecule has 6 nitrogen and oxygen atoms in total. The van der Waals surface area contributed by atoms with E-state index in [4.69, 9.17) is 14.2 Å². The molecule has 3 rings (SSSR count). The Morgan fingerprint density at radius 2 is 1.55 bits per heavy atom. The van der Waals surface area contributed by atoms with Gasteiger partial charge in [0.25, 0.3) is 5.24 Å². The second-order valence-corrected chi connectivity index (χ2v) is 8.43. The van der Waals surface area contributed by atoms with E-state index in [9.17, 15) is 9.59 Å². The molecule has 1 saturated heterocycles. The average Bonchev–Trinajstić information content (AvgIpc) is 3.04. The standard InChI is InChI=1S/C23H27NO5S.Na.H/c1-13-14(2)21(28-5)18(15(3)20(13)27-4)10-11-29-17-8-6-16(7-9-17)12-19-22(25)24-23(26)30-19;;/h6-9,19H,10-12H2,1-5H3,(H,24,25,26);;. The van der Waals surface area contributed by atoms with E-state index in [2.05, 4.69) is 5.32 Å². The number of hydrogen-bond donors (Lipinski definition) is 1. The van der Waals surface area contributed by atoms with Crippen molar-refractivity contribution in [2.24, 2.45) is 0 Å². The maximum absolute atomic E-state index is 11.7. The van der Waals surface area contributed by atoms with Crippen molar-refractivity contribution in [3.05, 3.63) is 52.1 Å². The molecule has 1 N–H and O–H groups in total. The molecule has 1 heterocycles. The zero-order valence-electron chi connectivity index (χ0n) is 18.0. The normalized spacial score (nSPS) is 15.3. The number of hydrogen-bond acceptors (Lipinski definition) is 6. The summed E-state index contributed by atoms with van der Waals surface area (Å²) in [6.45, 7) is 6.61. The Morgan fingerprint density at radius 3 is 2.10 bits per heavy atom. The zero-order chi connectivity index (χ0) is 21.8. The summed E-state index contributed by atoms with van der Waals surface area (Å²) in [5, 5.41) is 1.67. The molecule has 0 aromatic heterocycles. The molecule has 2 aromatic carbocycles. The van der Waals surface area contributed by atoms with Gasteiger partial charge in [0, 0.05) is 12.0 Å². The molecule has 2 aromatic rings. The molecule has 2 amide bonds. The van der Waals surface area contributed by atoms with Crippen molar-refractivity contribution in [1.82, 2.24) is 5.32 Å². The number of rotatable bonds is 8. The SMILES string of the molecule is COc1c(C)c(C)c(OC)c(CCOc2ccc(CC3SC(=O)NC3=O)cc2)c1C.[NaH]. The summed E-state index contributed by atoms with van der Waals surface area (Å²) in [4.78, 5) is 23.0. The summed E-state index contributed by atoms with van der Waals surface area (Å²) in [5.41, 5.74) is 5.30. The number of benzene rings is 2. The third-order valence-corrected chi connectivity index (χ3v) is 6.43. The van der Waals surface area contributed by atoms with Crippen LogP contribution < -0.4 is 19.5 Å². The van der Waals surface area contributed by atoms with Crippen LogP contribution in [0.2, 0.25) is 0 Å². The van der Waals surface area contributed by atoms with Gasteiger partial charge in [-0.3, -0.25) is 14.9 Å². The van der Waals surface area contributed by atoms with Crippen LogP contribution in [0.3, 0.4) is 0 Å². The fourth-order valence-electron chi connectivity index (χ4n) is 3.77. The molecule has 8 heteroatoms. The molecule has 1 aliphatic rings. The molecule has 1 aliphatic heterocycles. The Bertz CT molecular complexity index is 962. The second-order valence-electron chi connectivity index (χ2n) is 7.25. The first kappa shape index (κ1) is 25.6. The Balaban J connectivity index is 0.00000341. The summed E-state index contributed by atoms with van der Waals surface area (Å²) >= 11 is 1.04. The third kappa shape index (κ3) is 5.77. The summed E-state index contributed by atoms with van der Waals surface area (Å²) in [6.07, 6.45) is 1.20. The Hall–Kier alpha value is -1.67. The van der Waals surface area contributed by atoms with Crippen LogP contribution in [0.5, 0.6) is 17.2 Å². The van der Waals surface area contributed by atoms with Crippen LogP contribution in [-0.4, -0.2) is 66.8 Å². The van der Waals surface area contributed by atoms with Crippen LogP contribution in [0, 0.1) is 20.8 Å². The van der Waals surface area contributed by atoms with Crippen molar-refractivity contribution in [2.45, 2.75) is 38.9 Å². The maximum atomic E-state index is 11.7. The predicted molar refractivity (Wildman–Crippen MR) is 125 cm³/mol. The molecule has 0 spiro atoms. The van der Waals surface area contributed by atoms with Gasteiger partial charge < -0.3 is 14.2 Å². The number of carbonyl (C=O) groups is 2. The summed E-state index contributed by atoms with van der Waals surface area (Å²) < 4.78 is 17.2. The van der Waals surface area contributed by atoms with Gasteiger partial charge in [-0.2, -0.15) is 0 Å². The zero-order valence-corrected chi connectivity index (χ0v) is 18.8. The third-order valence-electron chi connectivity index (χ3n) is 5.45. The van der Waals surface area contributed by atoms with Gasteiger partial charge in [0.05, 0.1) is 26.1 Å². The van der Waals surface area contributed by atoms with Crippen molar-refractivity contribution in [2.75, 3.05) is 20.8 Å². The van der Waals surface area contributed by atoms with E-state index in [1.165, 1.54) is 0 Å².